The second-order valence-corrected chi connectivity index (χ2v) is 8.62. The molecule has 0 atom stereocenters. The van der Waals surface area contributed by atoms with Gasteiger partial charge in [-0.15, -0.1) is 0 Å². The van der Waals surface area contributed by atoms with Crippen LogP contribution < -0.4 is 5.32 Å². The van der Waals surface area contributed by atoms with Gasteiger partial charge in [0.15, 0.2) is 5.82 Å². The topological polar surface area (TPSA) is 92.3 Å². The lowest BCUT2D eigenvalue weighted by molar-refractivity contribution is 0.0130. The molecule has 1 aliphatic carbocycles. The van der Waals surface area contributed by atoms with E-state index in [1.807, 2.05) is 30.3 Å². The molecule has 3 heterocycles. The third-order valence-electron chi connectivity index (χ3n) is 5.93. The van der Waals surface area contributed by atoms with Crippen LogP contribution in [-0.2, 0) is 19.4 Å². The molecule has 3 aromatic heterocycles. The lowest BCUT2D eigenvalue weighted by Crippen LogP contribution is -2.14. The van der Waals surface area contributed by atoms with E-state index in [1.165, 1.54) is 0 Å². The third kappa shape index (κ3) is 4.61. The van der Waals surface area contributed by atoms with Gasteiger partial charge in [0.1, 0.15) is 11.4 Å². The van der Waals surface area contributed by atoms with Crippen LogP contribution in [0.5, 0.6) is 0 Å². The van der Waals surface area contributed by atoms with Crippen molar-refractivity contribution in [2.24, 2.45) is 0 Å². The van der Waals surface area contributed by atoms with E-state index in [2.05, 4.69) is 47.3 Å². The van der Waals surface area contributed by atoms with Crippen LogP contribution in [0.3, 0.4) is 0 Å². The van der Waals surface area contributed by atoms with Gasteiger partial charge in [0.25, 0.3) is 5.92 Å². The molecule has 0 radical (unpaired) electrons. The minimum absolute atomic E-state index is 0.190. The van der Waals surface area contributed by atoms with Crippen molar-refractivity contribution in [1.29, 1.82) is 0 Å². The molecule has 6 rings (SSSR count). The van der Waals surface area contributed by atoms with E-state index in [1.54, 1.807) is 36.8 Å². The van der Waals surface area contributed by atoms with Gasteiger partial charge in [-0.3, -0.25) is 5.10 Å². The van der Waals surface area contributed by atoms with Gasteiger partial charge >= 0.3 is 0 Å². The van der Waals surface area contributed by atoms with Crippen molar-refractivity contribution in [3.05, 3.63) is 95.1 Å². The summed E-state index contributed by atoms with van der Waals surface area (Å²) in [5, 5.41) is 11.1. The zero-order valence-electron chi connectivity index (χ0n) is 19.0. The van der Waals surface area contributed by atoms with Gasteiger partial charge in [-0.25, -0.2) is 28.7 Å². The molecule has 7 nitrogen and oxygen atoms in total. The average molecular weight is 479 g/mol. The van der Waals surface area contributed by atoms with Crippen molar-refractivity contribution in [2.75, 3.05) is 5.32 Å². The van der Waals surface area contributed by atoms with Gasteiger partial charge in [0, 0.05) is 42.7 Å². The number of nitrogens with one attached hydrogen (secondary N) is 2. The number of H-pyrrole nitrogens is 1. The Morgan fingerprint density at radius 3 is 2.75 bits per heavy atom. The summed E-state index contributed by atoms with van der Waals surface area (Å²) >= 11 is 0. The number of rotatable bonds is 4. The first-order chi connectivity index (χ1) is 17.5. The lowest BCUT2D eigenvalue weighted by atomic mass is 10.1. The maximum Gasteiger partial charge on any atom is 0.256 e. The van der Waals surface area contributed by atoms with Gasteiger partial charge in [-0.2, -0.15) is 5.10 Å². The number of nitrogens with zero attached hydrogens (tertiary/aromatic N) is 5. The van der Waals surface area contributed by atoms with Crippen LogP contribution in [0, 0.1) is 11.8 Å². The highest BCUT2D eigenvalue weighted by Crippen LogP contribution is 2.34. The molecule has 0 spiro atoms. The number of halogens is 2. The maximum atomic E-state index is 13.7. The fraction of sp³-hybridized carbons (Fsp3) is 0.148. The summed E-state index contributed by atoms with van der Waals surface area (Å²) < 4.78 is 27.3. The zero-order valence-corrected chi connectivity index (χ0v) is 19.0. The summed E-state index contributed by atoms with van der Waals surface area (Å²) in [6.45, 7) is 0.412. The molecule has 2 aromatic carbocycles. The number of fused-ring (bicyclic) bond motifs is 2. The van der Waals surface area contributed by atoms with E-state index in [-0.39, 0.29) is 12.8 Å². The second kappa shape index (κ2) is 8.82. The van der Waals surface area contributed by atoms with Crippen molar-refractivity contribution in [3.63, 3.8) is 0 Å². The van der Waals surface area contributed by atoms with Crippen LogP contribution in [0.2, 0.25) is 0 Å². The van der Waals surface area contributed by atoms with Gasteiger partial charge < -0.3 is 5.32 Å². The number of aromatic nitrogens is 6. The van der Waals surface area contributed by atoms with Crippen molar-refractivity contribution < 1.29 is 8.78 Å². The number of benzene rings is 2. The number of anilines is 1. The van der Waals surface area contributed by atoms with Crippen LogP contribution in [0.4, 0.5) is 14.7 Å². The van der Waals surface area contributed by atoms with Gasteiger partial charge in [-0.1, -0.05) is 24.1 Å². The van der Waals surface area contributed by atoms with Crippen LogP contribution in [0.15, 0.2) is 67.1 Å². The van der Waals surface area contributed by atoms with Gasteiger partial charge in [-0.05, 0) is 52.9 Å². The maximum absolute atomic E-state index is 13.7. The zero-order chi connectivity index (χ0) is 24.5. The quantitative estimate of drug-likeness (QED) is 0.367. The Morgan fingerprint density at radius 2 is 1.81 bits per heavy atom. The Labute approximate surface area is 205 Å². The first-order valence-electron chi connectivity index (χ1n) is 11.3. The van der Waals surface area contributed by atoms with Crippen molar-refractivity contribution in [2.45, 2.75) is 25.3 Å². The fourth-order valence-electron chi connectivity index (χ4n) is 4.20. The molecule has 0 amide bonds. The monoisotopic (exact) mass is 479 g/mol. The molecule has 0 bridgehead atoms. The molecule has 36 heavy (non-hydrogen) atoms. The third-order valence-corrected chi connectivity index (χ3v) is 5.93. The molecule has 0 saturated carbocycles. The molecular formula is C27H19F2N7. The summed E-state index contributed by atoms with van der Waals surface area (Å²) in [7, 11) is 0. The Kier molecular flexibility index (Phi) is 5.34. The smallest absolute Gasteiger partial charge is 0.256 e. The van der Waals surface area contributed by atoms with E-state index >= 15 is 0 Å². The van der Waals surface area contributed by atoms with E-state index in [9.17, 15) is 8.78 Å². The minimum Gasteiger partial charge on any atom is -0.350 e. The molecule has 0 fully saturated rings. The first kappa shape index (κ1) is 21.8. The standard InChI is InChI=1S/C27H19F2N7/c28-27(29)13-19-4-1-18(12-20(19)14-27)15-32-26-31-10-8-24(35-26)25-30-9-7-22(34-25)5-2-17-3-6-23-21(11-17)16-33-36-23/h1,3-4,6-12,16H,13-15H2,(H,33,36)(H,31,32,35). The van der Waals surface area contributed by atoms with Crippen LogP contribution in [-0.4, -0.2) is 36.1 Å². The molecular weight excluding hydrogens is 460 g/mol. The molecule has 9 heteroatoms. The molecule has 5 aromatic rings. The van der Waals surface area contributed by atoms with E-state index in [0.29, 0.717) is 40.8 Å². The SMILES string of the molecule is FC1(F)Cc2ccc(CNc3nccc(-c4nccc(C#Cc5ccc6[nH]ncc6c5)n4)n3)cc2C1. The second-order valence-electron chi connectivity index (χ2n) is 8.62. The Morgan fingerprint density at radius 1 is 0.917 bits per heavy atom. The van der Waals surface area contributed by atoms with Crippen molar-refractivity contribution in [1.82, 2.24) is 30.1 Å². The molecule has 1 aliphatic rings. The highest BCUT2D eigenvalue weighted by atomic mass is 19.3. The van der Waals surface area contributed by atoms with E-state index in [0.717, 1.165) is 22.0 Å². The molecule has 2 N–H and O–H groups in total. The molecule has 0 unspecified atom stereocenters. The lowest BCUT2D eigenvalue weighted by Gasteiger charge is -2.08. The summed E-state index contributed by atoms with van der Waals surface area (Å²) in [4.78, 5) is 17.6. The molecule has 176 valence electrons. The normalized spacial score (nSPS) is 13.7. The number of aromatic amines is 1. The summed E-state index contributed by atoms with van der Waals surface area (Å²) in [6.07, 6.45) is 4.62. The predicted molar refractivity (Wildman–Crippen MR) is 131 cm³/mol. The van der Waals surface area contributed by atoms with Crippen LogP contribution in [0.25, 0.3) is 22.4 Å². The van der Waals surface area contributed by atoms with Crippen molar-refractivity contribution in [3.8, 4) is 23.4 Å². The largest absolute Gasteiger partial charge is 0.350 e. The first-order valence-corrected chi connectivity index (χ1v) is 11.3. The minimum atomic E-state index is -2.65. The average Bonchev–Trinajstić information content (AvgIpc) is 3.48. The van der Waals surface area contributed by atoms with Gasteiger partial charge in [0.2, 0.25) is 5.95 Å². The Balaban J connectivity index is 1.17. The van der Waals surface area contributed by atoms with Crippen LogP contribution >= 0.6 is 0 Å². The van der Waals surface area contributed by atoms with E-state index < -0.39 is 5.92 Å². The Bertz CT molecular complexity index is 1650. The van der Waals surface area contributed by atoms with E-state index in [4.69, 9.17) is 0 Å². The summed E-state index contributed by atoms with van der Waals surface area (Å²) in [6, 6.07) is 14.7. The number of hydrogen-bond acceptors (Lipinski definition) is 6. The number of hydrogen-bond donors (Lipinski definition) is 2. The molecule has 0 saturated heterocycles. The highest BCUT2D eigenvalue weighted by Gasteiger charge is 2.37. The highest BCUT2D eigenvalue weighted by molar-refractivity contribution is 5.79. The van der Waals surface area contributed by atoms with Gasteiger partial charge in [0.05, 0.1) is 11.7 Å². The number of alkyl halides is 2. The fourth-order valence-corrected chi connectivity index (χ4v) is 4.20. The summed E-state index contributed by atoms with van der Waals surface area (Å²) in [5.74, 6) is 4.36. The summed E-state index contributed by atoms with van der Waals surface area (Å²) in [5.41, 5.74) is 5.22. The predicted octanol–water partition coefficient (Wildman–Crippen LogP) is 4.56. The van der Waals surface area contributed by atoms with Crippen LogP contribution in [0.1, 0.15) is 27.9 Å². The van der Waals surface area contributed by atoms with Crippen molar-refractivity contribution >= 4 is 16.9 Å². The molecule has 0 aliphatic heterocycles. The Hall–Kier alpha value is -4.71.